The molecule has 2 amide bonds. The Balaban J connectivity index is 1.56. The Kier molecular flexibility index (Phi) is 4.24. The molecule has 3 rings (SSSR count). The van der Waals surface area contributed by atoms with Crippen molar-refractivity contribution in [3.05, 3.63) is 46.9 Å². The van der Waals surface area contributed by atoms with Crippen LogP contribution in [0.5, 0.6) is 0 Å². The summed E-state index contributed by atoms with van der Waals surface area (Å²) in [4.78, 5) is 15.9. The molecule has 0 aliphatic carbocycles. The van der Waals surface area contributed by atoms with Crippen LogP contribution in [0, 0.1) is 6.92 Å². The third-order valence-electron chi connectivity index (χ3n) is 2.84. The third kappa shape index (κ3) is 3.86. The van der Waals surface area contributed by atoms with E-state index in [1.165, 1.54) is 0 Å². The van der Waals surface area contributed by atoms with E-state index in [9.17, 15) is 4.79 Å². The zero-order chi connectivity index (χ0) is 16.2. The molecule has 8 nitrogen and oxygen atoms in total. The van der Waals surface area contributed by atoms with Crippen LogP contribution in [0.25, 0.3) is 11.4 Å². The number of aromatic nitrogens is 3. The Hall–Kier alpha value is -2.87. The molecule has 3 aromatic rings. The molecule has 0 atom stereocenters. The Morgan fingerprint density at radius 1 is 1.22 bits per heavy atom. The van der Waals surface area contributed by atoms with E-state index in [1.54, 1.807) is 37.3 Å². The number of carbonyl (C=O) groups is 1. The Morgan fingerprint density at radius 3 is 2.70 bits per heavy atom. The monoisotopic (exact) mass is 333 g/mol. The number of urea groups is 1. The van der Waals surface area contributed by atoms with E-state index in [0.717, 1.165) is 5.56 Å². The molecule has 1 aromatic carbocycles. The predicted octanol–water partition coefficient (Wildman–Crippen LogP) is 3.01. The molecule has 0 radical (unpaired) electrons. The number of anilines is 1. The average Bonchev–Trinajstić information content (AvgIpc) is 3.15. The van der Waals surface area contributed by atoms with Crippen LogP contribution in [0.2, 0.25) is 5.02 Å². The molecular formula is C14H12ClN5O3. The Labute approximate surface area is 135 Å². The highest BCUT2D eigenvalue weighted by atomic mass is 35.5. The van der Waals surface area contributed by atoms with Gasteiger partial charge in [-0.2, -0.15) is 4.98 Å². The molecule has 0 aliphatic rings. The standard InChI is InChI=1S/C14H12ClN5O3/c1-8-6-11(22-19-8)18-14(21)16-7-12-17-13(20-23-12)9-2-4-10(15)5-3-9/h2-6H,7H2,1H3,(H2,16,18,21). The minimum Gasteiger partial charge on any atom is -0.338 e. The van der Waals surface area contributed by atoms with Crippen molar-refractivity contribution < 1.29 is 13.8 Å². The lowest BCUT2D eigenvalue weighted by molar-refractivity contribution is 0.249. The fourth-order valence-corrected chi connectivity index (χ4v) is 1.90. The van der Waals surface area contributed by atoms with Gasteiger partial charge in [0.05, 0.1) is 12.2 Å². The lowest BCUT2D eigenvalue weighted by Crippen LogP contribution is -2.28. The molecule has 0 bridgehead atoms. The van der Waals surface area contributed by atoms with Crippen LogP contribution in [0.1, 0.15) is 11.6 Å². The van der Waals surface area contributed by atoms with E-state index in [4.69, 9.17) is 20.6 Å². The first-order valence-corrected chi connectivity index (χ1v) is 7.04. The summed E-state index contributed by atoms with van der Waals surface area (Å²) in [5.41, 5.74) is 1.44. The second-order valence-corrected chi connectivity index (χ2v) is 5.10. The van der Waals surface area contributed by atoms with Crippen molar-refractivity contribution >= 4 is 23.5 Å². The Bertz CT molecular complexity index is 812. The van der Waals surface area contributed by atoms with Gasteiger partial charge in [-0.3, -0.25) is 5.32 Å². The van der Waals surface area contributed by atoms with Gasteiger partial charge in [0.25, 0.3) is 0 Å². The molecule has 0 fully saturated rings. The van der Waals surface area contributed by atoms with Crippen molar-refractivity contribution in [3.8, 4) is 11.4 Å². The molecule has 9 heteroatoms. The maximum atomic E-state index is 11.7. The van der Waals surface area contributed by atoms with Gasteiger partial charge in [0.1, 0.15) is 0 Å². The number of aryl methyl sites for hydroxylation is 1. The predicted molar refractivity (Wildman–Crippen MR) is 81.8 cm³/mol. The van der Waals surface area contributed by atoms with Gasteiger partial charge in [0, 0.05) is 16.7 Å². The summed E-state index contributed by atoms with van der Waals surface area (Å²) in [6, 6.07) is 8.17. The van der Waals surface area contributed by atoms with E-state index < -0.39 is 6.03 Å². The van der Waals surface area contributed by atoms with Crippen LogP contribution in [0.4, 0.5) is 10.7 Å². The molecule has 2 aromatic heterocycles. The van der Waals surface area contributed by atoms with Crippen molar-refractivity contribution in [1.82, 2.24) is 20.6 Å². The molecule has 2 N–H and O–H groups in total. The molecule has 0 spiro atoms. The highest BCUT2D eigenvalue weighted by molar-refractivity contribution is 6.30. The third-order valence-corrected chi connectivity index (χ3v) is 3.09. The number of carbonyl (C=O) groups excluding carboxylic acids is 1. The zero-order valence-electron chi connectivity index (χ0n) is 12.0. The van der Waals surface area contributed by atoms with Crippen molar-refractivity contribution in [2.24, 2.45) is 0 Å². The van der Waals surface area contributed by atoms with Crippen molar-refractivity contribution in [3.63, 3.8) is 0 Å². The highest BCUT2D eigenvalue weighted by Crippen LogP contribution is 2.18. The van der Waals surface area contributed by atoms with Crippen molar-refractivity contribution in [2.45, 2.75) is 13.5 Å². The molecule has 23 heavy (non-hydrogen) atoms. The van der Waals surface area contributed by atoms with E-state index in [2.05, 4.69) is 25.9 Å². The molecule has 118 valence electrons. The van der Waals surface area contributed by atoms with Gasteiger partial charge in [-0.15, -0.1) is 0 Å². The van der Waals surface area contributed by atoms with Gasteiger partial charge >= 0.3 is 6.03 Å². The number of benzene rings is 1. The smallest absolute Gasteiger partial charge is 0.322 e. The number of hydrogen-bond donors (Lipinski definition) is 2. The second-order valence-electron chi connectivity index (χ2n) is 4.66. The summed E-state index contributed by atoms with van der Waals surface area (Å²) in [7, 11) is 0. The lowest BCUT2D eigenvalue weighted by Gasteiger charge is -2.01. The van der Waals surface area contributed by atoms with Crippen LogP contribution in [0.3, 0.4) is 0 Å². The average molecular weight is 334 g/mol. The molecule has 0 saturated carbocycles. The van der Waals surface area contributed by atoms with E-state index in [0.29, 0.717) is 16.5 Å². The van der Waals surface area contributed by atoms with Gasteiger partial charge in [-0.05, 0) is 31.2 Å². The quantitative estimate of drug-likeness (QED) is 0.760. The summed E-state index contributed by atoms with van der Waals surface area (Å²) in [5, 5.41) is 13.2. The number of nitrogens with zero attached hydrogens (tertiary/aromatic N) is 3. The topological polar surface area (TPSA) is 106 Å². The maximum Gasteiger partial charge on any atom is 0.322 e. The SMILES string of the molecule is Cc1cc(NC(=O)NCc2nc(-c3ccc(Cl)cc3)no2)on1. The molecule has 0 saturated heterocycles. The lowest BCUT2D eigenvalue weighted by atomic mass is 10.2. The molecular weight excluding hydrogens is 322 g/mol. The molecule has 0 aliphatic heterocycles. The minimum atomic E-state index is -0.465. The molecule has 0 unspecified atom stereocenters. The first-order chi connectivity index (χ1) is 11.1. The number of nitrogens with one attached hydrogen (secondary N) is 2. The first kappa shape index (κ1) is 15.0. The summed E-state index contributed by atoms with van der Waals surface area (Å²) >= 11 is 5.83. The van der Waals surface area contributed by atoms with Gasteiger partial charge in [0.15, 0.2) is 0 Å². The second kappa shape index (κ2) is 6.49. The van der Waals surface area contributed by atoms with Gasteiger partial charge in [-0.25, -0.2) is 4.79 Å². The van der Waals surface area contributed by atoms with Crippen LogP contribution in [0.15, 0.2) is 39.4 Å². The van der Waals surface area contributed by atoms with Crippen LogP contribution in [-0.2, 0) is 6.54 Å². The van der Waals surface area contributed by atoms with E-state index in [1.807, 2.05) is 0 Å². The normalized spacial score (nSPS) is 10.5. The number of rotatable bonds is 4. The number of amides is 2. The van der Waals surface area contributed by atoms with Gasteiger partial charge in [0.2, 0.25) is 17.6 Å². The highest BCUT2D eigenvalue weighted by Gasteiger charge is 2.11. The summed E-state index contributed by atoms with van der Waals surface area (Å²) in [6.07, 6.45) is 0. The number of hydrogen-bond acceptors (Lipinski definition) is 6. The minimum absolute atomic E-state index is 0.0829. The summed E-state index contributed by atoms with van der Waals surface area (Å²) in [5.74, 6) is 0.955. The van der Waals surface area contributed by atoms with Gasteiger partial charge < -0.3 is 14.4 Å². The Morgan fingerprint density at radius 2 is 2.00 bits per heavy atom. The largest absolute Gasteiger partial charge is 0.338 e. The van der Waals surface area contributed by atoms with Crippen molar-refractivity contribution in [1.29, 1.82) is 0 Å². The fraction of sp³-hybridized carbons (Fsp3) is 0.143. The van der Waals surface area contributed by atoms with Crippen molar-refractivity contribution in [2.75, 3.05) is 5.32 Å². The van der Waals surface area contributed by atoms with Crippen LogP contribution in [-0.4, -0.2) is 21.3 Å². The van der Waals surface area contributed by atoms with Crippen LogP contribution >= 0.6 is 11.6 Å². The maximum absolute atomic E-state index is 11.7. The van der Waals surface area contributed by atoms with Gasteiger partial charge in [-0.1, -0.05) is 21.9 Å². The van der Waals surface area contributed by atoms with E-state index in [-0.39, 0.29) is 18.3 Å². The number of halogens is 1. The van der Waals surface area contributed by atoms with Crippen LogP contribution < -0.4 is 10.6 Å². The molecule has 2 heterocycles. The fourth-order valence-electron chi connectivity index (χ4n) is 1.78. The zero-order valence-corrected chi connectivity index (χ0v) is 12.8. The summed E-state index contributed by atoms with van der Waals surface area (Å²) in [6.45, 7) is 1.84. The first-order valence-electron chi connectivity index (χ1n) is 6.67. The summed E-state index contributed by atoms with van der Waals surface area (Å²) < 4.78 is 9.96. The van der Waals surface area contributed by atoms with E-state index >= 15 is 0 Å².